The van der Waals surface area contributed by atoms with Gasteiger partial charge in [-0.3, -0.25) is 4.79 Å². The highest BCUT2D eigenvalue weighted by Gasteiger charge is 2.17. The van der Waals surface area contributed by atoms with Crippen LogP contribution in [0.2, 0.25) is 0 Å². The highest BCUT2D eigenvalue weighted by atomic mass is 19.3. The van der Waals surface area contributed by atoms with E-state index in [-0.39, 0.29) is 17.1 Å². The van der Waals surface area contributed by atoms with Crippen molar-refractivity contribution in [1.29, 1.82) is 0 Å². The zero-order chi connectivity index (χ0) is 19.1. The number of alkyl halides is 2. The molecule has 0 bridgehead atoms. The van der Waals surface area contributed by atoms with Gasteiger partial charge in [0, 0.05) is 5.69 Å². The average Bonchev–Trinajstić information content (AvgIpc) is 2.61. The lowest BCUT2D eigenvalue weighted by atomic mass is 10.2. The molecule has 0 aromatic heterocycles. The lowest BCUT2D eigenvalue weighted by Crippen LogP contribution is -2.21. The molecule has 0 fully saturated rings. The third-order valence-electron chi connectivity index (χ3n) is 3.14. The number of hydrogen-bond donors (Lipinski definition) is 2. The summed E-state index contributed by atoms with van der Waals surface area (Å²) in [7, 11) is 1.33. The van der Waals surface area contributed by atoms with Gasteiger partial charge in [0.15, 0.2) is 18.1 Å². The van der Waals surface area contributed by atoms with E-state index in [4.69, 9.17) is 9.47 Å². The van der Waals surface area contributed by atoms with Crippen molar-refractivity contribution >= 4 is 17.6 Å². The lowest BCUT2D eigenvalue weighted by molar-refractivity contribution is -0.119. The molecule has 0 saturated heterocycles. The predicted molar refractivity (Wildman–Crippen MR) is 86.6 cm³/mol. The molecule has 0 unspecified atom stereocenters. The van der Waals surface area contributed by atoms with Crippen molar-refractivity contribution in [1.82, 2.24) is 0 Å². The number of ether oxygens (including phenoxy) is 3. The molecule has 0 aliphatic heterocycles. The predicted octanol–water partition coefficient (Wildman–Crippen LogP) is 2.80. The van der Waals surface area contributed by atoms with E-state index in [9.17, 15) is 23.5 Å². The van der Waals surface area contributed by atoms with E-state index in [1.807, 2.05) is 0 Å². The SMILES string of the molecule is COc1cccc(C(=O)OCC(=O)Nc2ccc(OC(F)F)cc2)c1O. The Morgan fingerprint density at radius 3 is 2.46 bits per heavy atom. The van der Waals surface area contributed by atoms with E-state index in [2.05, 4.69) is 10.1 Å². The minimum atomic E-state index is -2.94. The first-order chi connectivity index (χ1) is 12.4. The molecule has 1 amide bonds. The molecule has 0 heterocycles. The summed E-state index contributed by atoms with van der Waals surface area (Å²) >= 11 is 0. The number of para-hydroxylation sites is 1. The molecule has 9 heteroatoms. The van der Waals surface area contributed by atoms with Gasteiger partial charge in [-0.25, -0.2) is 4.79 Å². The van der Waals surface area contributed by atoms with E-state index >= 15 is 0 Å². The number of anilines is 1. The Balaban J connectivity index is 1.89. The smallest absolute Gasteiger partial charge is 0.387 e. The fourth-order valence-corrected chi connectivity index (χ4v) is 1.98. The van der Waals surface area contributed by atoms with Crippen molar-refractivity contribution in [2.45, 2.75) is 6.61 Å². The molecule has 0 atom stereocenters. The second kappa shape index (κ2) is 8.65. The van der Waals surface area contributed by atoms with Gasteiger partial charge in [0.25, 0.3) is 5.91 Å². The molecule has 2 aromatic carbocycles. The maximum absolute atomic E-state index is 12.1. The topological polar surface area (TPSA) is 94.1 Å². The van der Waals surface area contributed by atoms with E-state index in [0.29, 0.717) is 5.69 Å². The Bertz CT molecular complexity index is 779. The number of benzene rings is 2. The molecule has 2 rings (SSSR count). The van der Waals surface area contributed by atoms with Crippen LogP contribution in [0.4, 0.5) is 14.5 Å². The fourth-order valence-electron chi connectivity index (χ4n) is 1.98. The Morgan fingerprint density at radius 2 is 1.85 bits per heavy atom. The minimum Gasteiger partial charge on any atom is -0.504 e. The Kier molecular flexibility index (Phi) is 6.31. The van der Waals surface area contributed by atoms with Crippen LogP contribution in [0.1, 0.15) is 10.4 Å². The number of esters is 1. The lowest BCUT2D eigenvalue weighted by Gasteiger charge is -2.10. The number of carbonyl (C=O) groups is 2. The highest BCUT2D eigenvalue weighted by molar-refractivity contribution is 5.97. The first kappa shape index (κ1) is 19.0. The monoisotopic (exact) mass is 367 g/mol. The quantitative estimate of drug-likeness (QED) is 0.731. The number of amides is 1. The number of nitrogens with one attached hydrogen (secondary N) is 1. The summed E-state index contributed by atoms with van der Waals surface area (Å²) in [4.78, 5) is 23.7. The molecule has 0 saturated carbocycles. The summed E-state index contributed by atoms with van der Waals surface area (Å²) < 4.78 is 38.0. The van der Waals surface area contributed by atoms with E-state index < -0.39 is 30.8 Å². The summed E-state index contributed by atoms with van der Waals surface area (Å²) in [6, 6.07) is 9.47. The molecule has 0 spiro atoms. The number of carbonyl (C=O) groups excluding carboxylic acids is 2. The van der Waals surface area contributed by atoms with Crippen LogP contribution in [0.15, 0.2) is 42.5 Å². The van der Waals surface area contributed by atoms with Crippen LogP contribution >= 0.6 is 0 Å². The summed E-state index contributed by atoms with van der Waals surface area (Å²) in [6.07, 6.45) is 0. The molecule has 138 valence electrons. The van der Waals surface area contributed by atoms with Crippen LogP contribution < -0.4 is 14.8 Å². The van der Waals surface area contributed by atoms with Gasteiger partial charge in [-0.05, 0) is 36.4 Å². The van der Waals surface area contributed by atoms with Crippen molar-refractivity contribution in [3.05, 3.63) is 48.0 Å². The molecule has 7 nitrogen and oxygen atoms in total. The fraction of sp³-hybridized carbons (Fsp3) is 0.176. The first-order valence-electron chi connectivity index (χ1n) is 7.28. The largest absolute Gasteiger partial charge is 0.504 e. The van der Waals surface area contributed by atoms with E-state index in [1.165, 1.54) is 49.6 Å². The molecule has 0 radical (unpaired) electrons. The number of rotatable bonds is 7. The number of aromatic hydroxyl groups is 1. The minimum absolute atomic E-state index is 0.0575. The third-order valence-corrected chi connectivity index (χ3v) is 3.14. The van der Waals surface area contributed by atoms with Gasteiger partial charge in [-0.1, -0.05) is 6.07 Å². The van der Waals surface area contributed by atoms with E-state index in [1.54, 1.807) is 0 Å². The number of halogens is 2. The first-order valence-corrected chi connectivity index (χ1v) is 7.28. The normalized spacial score (nSPS) is 10.3. The standard InChI is InChI=1S/C17H15F2NO6/c1-24-13-4-2-3-12(15(13)22)16(23)25-9-14(21)20-10-5-7-11(8-6-10)26-17(18)19/h2-8,17,22H,9H2,1H3,(H,20,21). The van der Waals surface area contributed by atoms with Gasteiger partial charge >= 0.3 is 12.6 Å². The van der Waals surface area contributed by atoms with Crippen molar-refractivity contribution < 1.29 is 37.7 Å². The van der Waals surface area contributed by atoms with Crippen molar-refractivity contribution in [3.63, 3.8) is 0 Å². The summed E-state index contributed by atoms with van der Waals surface area (Å²) in [5.74, 6) is -1.91. The molecule has 26 heavy (non-hydrogen) atoms. The van der Waals surface area contributed by atoms with Crippen LogP contribution in [-0.2, 0) is 9.53 Å². The molecular weight excluding hydrogens is 352 g/mol. The van der Waals surface area contributed by atoms with Gasteiger partial charge in [-0.2, -0.15) is 8.78 Å². The van der Waals surface area contributed by atoms with Crippen LogP contribution in [0.5, 0.6) is 17.2 Å². The molecule has 0 aliphatic carbocycles. The van der Waals surface area contributed by atoms with Crippen LogP contribution in [0.25, 0.3) is 0 Å². The van der Waals surface area contributed by atoms with Gasteiger partial charge in [0.1, 0.15) is 11.3 Å². The number of hydrogen-bond acceptors (Lipinski definition) is 6. The molecule has 2 N–H and O–H groups in total. The molecule has 0 aliphatic rings. The number of methoxy groups -OCH3 is 1. The zero-order valence-electron chi connectivity index (χ0n) is 13.6. The van der Waals surface area contributed by atoms with Gasteiger partial charge in [0.2, 0.25) is 0 Å². The summed E-state index contributed by atoms with van der Waals surface area (Å²) in [6.45, 7) is -3.55. The van der Waals surface area contributed by atoms with Crippen molar-refractivity contribution in [2.75, 3.05) is 19.0 Å². The summed E-state index contributed by atoms with van der Waals surface area (Å²) in [5.41, 5.74) is 0.155. The van der Waals surface area contributed by atoms with Crippen molar-refractivity contribution in [3.8, 4) is 17.2 Å². The maximum Gasteiger partial charge on any atom is 0.387 e. The average molecular weight is 367 g/mol. The Hall–Kier alpha value is -3.36. The highest BCUT2D eigenvalue weighted by Crippen LogP contribution is 2.29. The third kappa shape index (κ3) is 5.07. The number of phenolic OH excluding ortho intramolecular Hbond substituents is 1. The molecule has 2 aromatic rings. The van der Waals surface area contributed by atoms with Gasteiger partial charge in [-0.15, -0.1) is 0 Å². The zero-order valence-corrected chi connectivity index (χ0v) is 13.6. The van der Waals surface area contributed by atoms with Gasteiger partial charge in [0.05, 0.1) is 7.11 Å². The second-order valence-corrected chi connectivity index (χ2v) is 4.88. The number of phenols is 1. The Morgan fingerprint density at radius 1 is 1.15 bits per heavy atom. The summed E-state index contributed by atoms with van der Waals surface area (Å²) in [5, 5.41) is 12.3. The van der Waals surface area contributed by atoms with Crippen LogP contribution in [0.3, 0.4) is 0 Å². The Labute approximate surface area is 147 Å². The maximum atomic E-state index is 12.1. The second-order valence-electron chi connectivity index (χ2n) is 4.88. The van der Waals surface area contributed by atoms with Crippen LogP contribution in [-0.4, -0.2) is 37.3 Å². The molecular formula is C17H15F2NO6. The van der Waals surface area contributed by atoms with Gasteiger partial charge < -0.3 is 24.6 Å². The van der Waals surface area contributed by atoms with Crippen molar-refractivity contribution in [2.24, 2.45) is 0 Å². The van der Waals surface area contributed by atoms with E-state index in [0.717, 1.165) is 0 Å². The van der Waals surface area contributed by atoms with Crippen LogP contribution in [0, 0.1) is 0 Å².